The van der Waals surface area contributed by atoms with Crippen LogP contribution in [0.1, 0.15) is 51.6 Å². The van der Waals surface area contributed by atoms with Crippen LogP contribution in [0.5, 0.6) is 0 Å². The molecule has 1 saturated heterocycles. The van der Waals surface area contributed by atoms with Gasteiger partial charge in [0.25, 0.3) is 0 Å². The van der Waals surface area contributed by atoms with E-state index in [0.717, 1.165) is 78.8 Å². The van der Waals surface area contributed by atoms with Gasteiger partial charge in [0, 0.05) is 50.3 Å². The molecule has 0 bridgehead atoms. The highest BCUT2D eigenvalue weighted by molar-refractivity contribution is 7.80. The molecule has 5 heterocycles. The number of hydrogen-bond acceptors (Lipinski definition) is 7. The van der Waals surface area contributed by atoms with E-state index in [0.29, 0.717) is 12.0 Å². The zero-order valence-corrected chi connectivity index (χ0v) is 21.4. The van der Waals surface area contributed by atoms with Gasteiger partial charge in [0.05, 0.1) is 23.1 Å². The lowest BCUT2D eigenvalue weighted by molar-refractivity contribution is 0.193. The first-order chi connectivity index (χ1) is 17.0. The van der Waals surface area contributed by atoms with Gasteiger partial charge in [0.2, 0.25) is 5.95 Å². The predicted molar refractivity (Wildman–Crippen MR) is 145 cm³/mol. The van der Waals surface area contributed by atoms with Crippen LogP contribution in [0.25, 0.3) is 11.0 Å². The summed E-state index contributed by atoms with van der Waals surface area (Å²) in [5, 5.41) is 7.84. The number of rotatable bonds is 4. The first-order valence-corrected chi connectivity index (χ1v) is 13.3. The minimum Gasteiger partial charge on any atom is -0.372 e. The maximum absolute atomic E-state index is 5.66. The van der Waals surface area contributed by atoms with Crippen molar-refractivity contribution in [1.82, 2.24) is 29.7 Å². The summed E-state index contributed by atoms with van der Waals surface area (Å²) >= 11 is 5.66. The van der Waals surface area contributed by atoms with E-state index >= 15 is 0 Å². The van der Waals surface area contributed by atoms with Gasteiger partial charge >= 0.3 is 0 Å². The van der Waals surface area contributed by atoms with Crippen LogP contribution in [0, 0.1) is 0 Å². The van der Waals surface area contributed by atoms with Crippen molar-refractivity contribution < 1.29 is 0 Å². The largest absolute Gasteiger partial charge is 0.372 e. The SMILES string of the molecule is CC(C)N1CCN(c2ccc(Nc3ncc4cc5n(c4n3)C3(CCCCC3)CNC5=S)nc2)CC1. The fraction of sp³-hybridized carbons (Fsp3) is 0.538. The van der Waals surface area contributed by atoms with Crippen LogP contribution in [0.15, 0.2) is 30.6 Å². The van der Waals surface area contributed by atoms with Gasteiger partial charge < -0.3 is 20.1 Å². The first kappa shape index (κ1) is 22.7. The van der Waals surface area contributed by atoms with E-state index in [1.165, 1.54) is 19.3 Å². The van der Waals surface area contributed by atoms with Gasteiger partial charge in [0.1, 0.15) is 16.5 Å². The molecule has 8 nitrogen and oxygen atoms in total. The molecule has 184 valence electrons. The molecule has 3 aromatic rings. The predicted octanol–water partition coefficient (Wildman–Crippen LogP) is 4.04. The van der Waals surface area contributed by atoms with Crippen LogP contribution in [-0.2, 0) is 5.54 Å². The van der Waals surface area contributed by atoms with Gasteiger partial charge in [-0.05, 0) is 44.9 Å². The summed E-state index contributed by atoms with van der Waals surface area (Å²) in [5.74, 6) is 1.32. The number of aromatic nitrogens is 4. The van der Waals surface area contributed by atoms with Gasteiger partial charge in [0.15, 0.2) is 0 Å². The molecule has 1 saturated carbocycles. The van der Waals surface area contributed by atoms with Crippen LogP contribution in [0.3, 0.4) is 0 Å². The van der Waals surface area contributed by atoms with E-state index in [4.69, 9.17) is 17.2 Å². The van der Waals surface area contributed by atoms with Crippen molar-refractivity contribution in [2.24, 2.45) is 0 Å². The lowest BCUT2D eigenvalue weighted by Crippen LogP contribution is -2.52. The molecule has 0 amide bonds. The summed E-state index contributed by atoms with van der Waals surface area (Å²) in [6.45, 7) is 9.65. The van der Waals surface area contributed by atoms with E-state index in [1.54, 1.807) is 0 Å². The zero-order valence-electron chi connectivity index (χ0n) is 20.6. The van der Waals surface area contributed by atoms with Crippen molar-refractivity contribution >= 4 is 45.7 Å². The molecule has 2 N–H and O–H groups in total. The quantitative estimate of drug-likeness (QED) is 0.531. The molecule has 2 aliphatic heterocycles. The van der Waals surface area contributed by atoms with E-state index < -0.39 is 0 Å². The number of nitrogens with zero attached hydrogens (tertiary/aromatic N) is 6. The molecule has 2 fully saturated rings. The molecule has 1 spiro atoms. The highest BCUT2D eigenvalue weighted by Gasteiger charge is 2.40. The molecule has 35 heavy (non-hydrogen) atoms. The van der Waals surface area contributed by atoms with Crippen LogP contribution < -0.4 is 15.5 Å². The Morgan fingerprint density at radius 3 is 2.54 bits per heavy atom. The normalized spacial score (nSPS) is 20.3. The summed E-state index contributed by atoms with van der Waals surface area (Å²) in [6, 6.07) is 6.90. The topological polar surface area (TPSA) is 74.1 Å². The highest BCUT2D eigenvalue weighted by Crippen LogP contribution is 2.40. The number of nitrogens with one attached hydrogen (secondary N) is 2. The second-order valence-corrected chi connectivity index (χ2v) is 10.9. The van der Waals surface area contributed by atoms with Gasteiger partial charge in [-0.1, -0.05) is 31.5 Å². The smallest absolute Gasteiger partial charge is 0.230 e. The average Bonchev–Trinajstić information content (AvgIpc) is 3.28. The maximum Gasteiger partial charge on any atom is 0.230 e. The van der Waals surface area contributed by atoms with E-state index in [2.05, 4.69) is 60.9 Å². The van der Waals surface area contributed by atoms with E-state index in [-0.39, 0.29) is 5.54 Å². The molecule has 0 aromatic carbocycles. The van der Waals surface area contributed by atoms with E-state index in [1.807, 2.05) is 18.5 Å². The highest BCUT2D eigenvalue weighted by atomic mass is 32.1. The Hall–Kier alpha value is -2.78. The van der Waals surface area contributed by atoms with Crippen LogP contribution in [0.4, 0.5) is 17.5 Å². The third-order valence-electron chi connectivity index (χ3n) is 8.01. The Bertz CT molecular complexity index is 1220. The Balaban J connectivity index is 1.24. The van der Waals surface area contributed by atoms with Gasteiger partial charge in [-0.25, -0.2) is 9.97 Å². The lowest BCUT2D eigenvalue weighted by Gasteiger charge is -2.43. The summed E-state index contributed by atoms with van der Waals surface area (Å²) in [6.07, 6.45) is 9.95. The third-order valence-corrected chi connectivity index (χ3v) is 8.36. The Morgan fingerprint density at radius 1 is 1.03 bits per heavy atom. The van der Waals surface area contributed by atoms with Gasteiger partial charge in [-0.15, -0.1) is 0 Å². The molecular formula is C26H34N8S. The standard InChI is InChI=1S/C26H34N8S/c1-18(2)32-10-12-33(13-11-32)20-6-7-22(27-16-20)30-25-28-15-19-14-21-24(35)29-17-26(8-4-3-5-9-26)34(21)23(19)31-25/h6-7,14-16,18H,3-5,8-13,17H2,1-2H3,(H,29,35)(H,27,28,30,31). The van der Waals surface area contributed by atoms with Crippen molar-refractivity contribution in [3.63, 3.8) is 0 Å². The average molecular weight is 491 g/mol. The molecule has 0 radical (unpaired) electrons. The summed E-state index contributed by atoms with van der Waals surface area (Å²) < 4.78 is 2.40. The number of hydrogen-bond donors (Lipinski definition) is 2. The molecule has 3 aromatic heterocycles. The number of piperazine rings is 1. The van der Waals surface area contributed by atoms with Gasteiger partial charge in [-0.3, -0.25) is 4.90 Å². The molecule has 6 rings (SSSR count). The van der Waals surface area contributed by atoms with Crippen molar-refractivity contribution in [2.75, 3.05) is 42.9 Å². The summed E-state index contributed by atoms with van der Waals surface area (Å²) in [5.41, 5.74) is 3.23. The minimum atomic E-state index is 0.0444. The molecule has 9 heteroatoms. The Morgan fingerprint density at radius 2 is 1.83 bits per heavy atom. The van der Waals surface area contributed by atoms with Crippen molar-refractivity contribution in [3.8, 4) is 0 Å². The first-order valence-electron chi connectivity index (χ1n) is 12.9. The van der Waals surface area contributed by atoms with Gasteiger partial charge in [-0.2, -0.15) is 4.98 Å². The van der Waals surface area contributed by atoms with Crippen LogP contribution in [-0.4, -0.2) is 68.2 Å². The number of thiocarbonyl (C=S) groups is 1. The second-order valence-electron chi connectivity index (χ2n) is 10.4. The Kier molecular flexibility index (Phi) is 5.84. The van der Waals surface area contributed by atoms with Crippen LogP contribution >= 0.6 is 12.2 Å². The minimum absolute atomic E-state index is 0.0444. The number of anilines is 3. The Labute approximate surface area is 212 Å². The zero-order chi connectivity index (χ0) is 24.0. The molecular weight excluding hydrogens is 456 g/mol. The summed E-state index contributed by atoms with van der Waals surface area (Å²) in [4.78, 5) is 20.0. The van der Waals surface area contributed by atoms with E-state index in [9.17, 15) is 0 Å². The molecule has 1 aliphatic carbocycles. The fourth-order valence-electron chi connectivity index (χ4n) is 5.98. The fourth-order valence-corrected chi connectivity index (χ4v) is 6.20. The molecule has 3 aliphatic rings. The third kappa shape index (κ3) is 4.14. The second kappa shape index (κ2) is 9.02. The maximum atomic E-state index is 5.66. The number of fused-ring (bicyclic) bond motifs is 4. The molecule has 0 atom stereocenters. The summed E-state index contributed by atoms with van der Waals surface area (Å²) in [7, 11) is 0. The van der Waals surface area contributed by atoms with Crippen molar-refractivity contribution in [3.05, 3.63) is 36.3 Å². The van der Waals surface area contributed by atoms with Crippen molar-refractivity contribution in [2.45, 2.75) is 57.5 Å². The molecule has 0 unspecified atom stereocenters. The van der Waals surface area contributed by atoms with Crippen LogP contribution in [0.2, 0.25) is 0 Å². The number of pyridine rings is 1. The lowest BCUT2D eigenvalue weighted by atomic mass is 9.80. The monoisotopic (exact) mass is 490 g/mol. The van der Waals surface area contributed by atoms with Crippen molar-refractivity contribution in [1.29, 1.82) is 0 Å².